The summed E-state index contributed by atoms with van der Waals surface area (Å²) in [5, 5.41) is 13.7. The number of nitrogens with one attached hydrogen (secondary N) is 2. The van der Waals surface area contributed by atoms with E-state index in [1.807, 2.05) is 18.3 Å². The number of aromatic nitrogens is 2. The molecule has 2 aliphatic heterocycles. The number of piperidine rings is 1. The Balaban J connectivity index is 1.32. The van der Waals surface area contributed by atoms with Gasteiger partial charge in [0, 0.05) is 36.5 Å². The Morgan fingerprint density at radius 3 is 2.76 bits per heavy atom. The van der Waals surface area contributed by atoms with Crippen LogP contribution in [0.1, 0.15) is 48.5 Å². The maximum Gasteiger partial charge on any atom is 0.409 e. The number of ether oxygens (including phenoxy) is 2. The lowest BCUT2D eigenvalue weighted by atomic mass is 9.98. The van der Waals surface area contributed by atoms with Crippen molar-refractivity contribution in [2.45, 2.75) is 38.6 Å². The van der Waals surface area contributed by atoms with Gasteiger partial charge in [-0.15, -0.1) is 0 Å². The molecule has 0 bridgehead atoms. The molecule has 3 heterocycles. The molecule has 2 aromatic carbocycles. The van der Waals surface area contributed by atoms with Crippen LogP contribution >= 0.6 is 0 Å². The highest BCUT2D eigenvalue weighted by molar-refractivity contribution is 5.98. The molecule has 0 radical (unpaired) electrons. The minimum Gasteiger partial charge on any atom is -0.507 e. The number of aliphatic imine (C=N–C) groups is 1. The van der Waals surface area contributed by atoms with Crippen LogP contribution in [0.4, 0.5) is 4.79 Å². The lowest BCUT2D eigenvalue weighted by Crippen LogP contribution is -2.46. The number of amides is 2. The normalized spacial score (nSPS) is 16.1. The van der Waals surface area contributed by atoms with Gasteiger partial charge in [-0.05, 0) is 68.5 Å². The van der Waals surface area contributed by atoms with Gasteiger partial charge in [-0.3, -0.25) is 4.79 Å². The summed E-state index contributed by atoms with van der Waals surface area (Å²) < 4.78 is 10.5. The van der Waals surface area contributed by atoms with Gasteiger partial charge in [-0.2, -0.15) is 0 Å². The van der Waals surface area contributed by atoms with Crippen LogP contribution in [0, 0.1) is 0 Å². The van der Waals surface area contributed by atoms with Gasteiger partial charge in [-0.25, -0.2) is 14.8 Å². The summed E-state index contributed by atoms with van der Waals surface area (Å²) in [6.45, 7) is 3.22. The van der Waals surface area contributed by atoms with Crippen LogP contribution in [0.15, 0.2) is 47.3 Å². The number of aromatic amines is 1. The molecule has 38 heavy (non-hydrogen) atoms. The summed E-state index contributed by atoms with van der Waals surface area (Å²) in [4.78, 5) is 38.8. The molecule has 0 atom stereocenters. The van der Waals surface area contributed by atoms with Crippen LogP contribution < -0.4 is 5.32 Å². The zero-order valence-corrected chi connectivity index (χ0v) is 21.5. The summed E-state index contributed by atoms with van der Waals surface area (Å²) in [6, 6.07) is 10.6. The van der Waals surface area contributed by atoms with Gasteiger partial charge in [0.15, 0.2) is 0 Å². The number of nitrogens with zero attached hydrogens (tertiary/aromatic N) is 3. The van der Waals surface area contributed by atoms with Crippen molar-refractivity contribution in [1.82, 2.24) is 20.2 Å². The van der Waals surface area contributed by atoms with E-state index < -0.39 is 0 Å². The first-order chi connectivity index (χ1) is 18.5. The third-order valence-electron chi connectivity index (χ3n) is 6.88. The first kappa shape index (κ1) is 25.3. The first-order valence-electron chi connectivity index (χ1n) is 12.8. The predicted octanol–water partition coefficient (Wildman–Crippen LogP) is 4.47. The van der Waals surface area contributed by atoms with Crippen molar-refractivity contribution < 1.29 is 24.2 Å². The number of phenolic OH excluding ortho intramolecular Hbond substituents is 1. The van der Waals surface area contributed by atoms with E-state index in [0.717, 1.165) is 24.0 Å². The molecule has 10 nitrogen and oxygen atoms in total. The van der Waals surface area contributed by atoms with Crippen LogP contribution in [-0.4, -0.2) is 71.0 Å². The van der Waals surface area contributed by atoms with Crippen molar-refractivity contribution in [3.63, 3.8) is 0 Å². The number of phenols is 1. The van der Waals surface area contributed by atoms with Crippen molar-refractivity contribution in [2.75, 3.05) is 26.8 Å². The lowest BCUT2D eigenvalue weighted by Gasteiger charge is -2.31. The number of benzene rings is 2. The van der Waals surface area contributed by atoms with Crippen molar-refractivity contribution in [3.05, 3.63) is 53.4 Å². The number of methoxy groups -OCH3 is 1. The van der Waals surface area contributed by atoms with Crippen molar-refractivity contribution in [3.8, 4) is 17.1 Å². The van der Waals surface area contributed by atoms with Gasteiger partial charge < -0.3 is 29.8 Å². The molecule has 0 spiro atoms. The number of likely N-dealkylation sites (tertiary alicyclic amines) is 1. The highest BCUT2D eigenvalue weighted by Gasteiger charge is 2.25. The molecule has 3 N–H and O–H groups in total. The second-order valence-electron chi connectivity index (χ2n) is 9.32. The maximum atomic E-state index is 13.0. The molecule has 1 fully saturated rings. The van der Waals surface area contributed by atoms with E-state index in [4.69, 9.17) is 9.47 Å². The van der Waals surface area contributed by atoms with E-state index in [1.54, 1.807) is 43.2 Å². The number of hydrogen-bond acceptors (Lipinski definition) is 7. The number of allylic oxidation sites excluding steroid dienone is 1. The second-order valence-corrected chi connectivity index (χ2v) is 9.32. The molecule has 198 valence electrons. The van der Waals surface area contributed by atoms with Gasteiger partial charge in [0.1, 0.15) is 11.6 Å². The highest BCUT2D eigenvalue weighted by Crippen LogP contribution is 2.35. The molecule has 0 unspecified atom stereocenters. The number of rotatable bonds is 6. The zero-order chi connectivity index (χ0) is 26.6. The SMILES string of the molecule is CCOC(=O)N1CCC(NC(=O)c2ccc3nc(-c4cc(C5=C(OC)N=CCC5)ccc4O)[nH]c3c2)CC1. The highest BCUT2D eigenvalue weighted by atomic mass is 16.6. The molecular formula is C28H31N5O5. The van der Waals surface area contributed by atoms with E-state index >= 15 is 0 Å². The predicted molar refractivity (Wildman–Crippen MR) is 144 cm³/mol. The third kappa shape index (κ3) is 5.20. The zero-order valence-electron chi connectivity index (χ0n) is 21.5. The Morgan fingerprint density at radius 2 is 2.00 bits per heavy atom. The Bertz CT molecular complexity index is 1420. The van der Waals surface area contributed by atoms with Crippen LogP contribution in [0.5, 0.6) is 5.75 Å². The standard InChI is InChI=1S/C28H31N5O5/c1-3-38-28(36)33-13-10-19(11-14-33)30-26(35)18-6-8-22-23(16-18)32-25(31-22)21-15-17(7-9-24(21)34)20-5-4-12-29-27(20)37-2/h6-9,12,15-16,19,34H,3-5,10-11,13-14H2,1-2H3,(H,30,35)(H,31,32). The summed E-state index contributed by atoms with van der Waals surface area (Å²) in [5.74, 6) is 0.986. The molecule has 3 aromatic rings. The largest absolute Gasteiger partial charge is 0.507 e. The number of aromatic hydroxyl groups is 1. The molecule has 1 aromatic heterocycles. The Labute approximate surface area is 220 Å². The van der Waals surface area contributed by atoms with Gasteiger partial charge in [0.05, 0.1) is 30.3 Å². The number of carbonyl (C=O) groups is 2. The minimum absolute atomic E-state index is 0.0173. The molecule has 1 saturated heterocycles. The van der Waals surface area contributed by atoms with Gasteiger partial charge in [-0.1, -0.05) is 6.07 Å². The van der Waals surface area contributed by atoms with Crippen LogP contribution in [0.3, 0.4) is 0 Å². The summed E-state index contributed by atoms with van der Waals surface area (Å²) in [6.07, 6.45) is 4.47. The second kappa shape index (κ2) is 11.0. The fraction of sp³-hybridized carbons (Fsp3) is 0.357. The van der Waals surface area contributed by atoms with E-state index in [9.17, 15) is 14.7 Å². The minimum atomic E-state index is -0.308. The fourth-order valence-corrected chi connectivity index (χ4v) is 4.87. The van der Waals surface area contributed by atoms with Crippen molar-refractivity contribution in [1.29, 1.82) is 0 Å². The molecule has 10 heteroatoms. The summed E-state index contributed by atoms with van der Waals surface area (Å²) in [7, 11) is 1.60. The number of hydrogen-bond donors (Lipinski definition) is 3. The van der Waals surface area contributed by atoms with E-state index in [0.29, 0.717) is 66.4 Å². The average Bonchev–Trinajstić information content (AvgIpc) is 3.37. The molecule has 5 rings (SSSR count). The maximum absolute atomic E-state index is 13.0. The van der Waals surface area contributed by atoms with Crippen molar-refractivity contribution >= 4 is 34.8 Å². The van der Waals surface area contributed by atoms with Gasteiger partial charge in [0.25, 0.3) is 5.91 Å². The topological polar surface area (TPSA) is 129 Å². The molecule has 0 saturated carbocycles. The number of H-pyrrole nitrogens is 1. The number of imidazole rings is 1. The Hall–Kier alpha value is -4.34. The van der Waals surface area contributed by atoms with Gasteiger partial charge in [0.2, 0.25) is 5.88 Å². The van der Waals surface area contributed by atoms with Gasteiger partial charge >= 0.3 is 6.09 Å². The fourth-order valence-electron chi connectivity index (χ4n) is 4.87. The molecule has 2 aliphatic rings. The number of carbonyl (C=O) groups excluding carboxylic acids is 2. The smallest absolute Gasteiger partial charge is 0.409 e. The van der Waals surface area contributed by atoms with Crippen LogP contribution in [0.25, 0.3) is 28.0 Å². The molecule has 0 aliphatic carbocycles. The Kier molecular flexibility index (Phi) is 7.30. The van der Waals surface area contributed by atoms with Crippen molar-refractivity contribution in [2.24, 2.45) is 4.99 Å². The van der Waals surface area contributed by atoms with E-state index in [2.05, 4.69) is 20.3 Å². The third-order valence-corrected chi connectivity index (χ3v) is 6.88. The van der Waals surface area contributed by atoms with Crippen LogP contribution in [-0.2, 0) is 9.47 Å². The summed E-state index contributed by atoms with van der Waals surface area (Å²) in [5.41, 5.74) is 4.31. The average molecular weight is 518 g/mol. The quantitative estimate of drug-likeness (QED) is 0.443. The lowest BCUT2D eigenvalue weighted by molar-refractivity contribution is 0.0860. The van der Waals surface area contributed by atoms with Crippen LogP contribution in [0.2, 0.25) is 0 Å². The first-order valence-corrected chi connectivity index (χ1v) is 12.8. The molecule has 2 amide bonds. The number of fused-ring (bicyclic) bond motifs is 1. The Morgan fingerprint density at radius 1 is 1.18 bits per heavy atom. The van der Waals surface area contributed by atoms with E-state index in [1.165, 1.54) is 0 Å². The monoisotopic (exact) mass is 517 g/mol. The summed E-state index contributed by atoms with van der Waals surface area (Å²) >= 11 is 0. The van der Waals surface area contributed by atoms with E-state index in [-0.39, 0.29) is 23.8 Å². The molecular weight excluding hydrogens is 486 g/mol.